The lowest BCUT2D eigenvalue weighted by Crippen LogP contribution is -1.95. The third-order valence-corrected chi connectivity index (χ3v) is 2.42. The number of hydrogen-bond donors (Lipinski definition) is 2. The minimum Gasteiger partial charge on any atom is -0.384 e. The Bertz CT molecular complexity index is 456. The summed E-state index contributed by atoms with van der Waals surface area (Å²) >= 11 is 0. The van der Waals surface area contributed by atoms with Crippen molar-refractivity contribution in [3.8, 4) is 0 Å². The van der Waals surface area contributed by atoms with E-state index in [4.69, 9.17) is 5.73 Å². The highest BCUT2D eigenvalue weighted by Crippen LogP contribution is 2.41. The molecular formula is C9H10N4. The van der Waals surface area contributed by atoms with Crippen LogP contribution in [0, 0.1) is 0 Å². The smallest absolute Gasteiger partial charge is 0.125 e. The molecule has 0 spiro atoms. The zero-order chi connectivity index (χ0) is 8.84. The second-order valence-electron chi connectivity index (χ2n) is 3.51. The molecule has 0 saturated heterocycles. The van der Waals surface area contributed by atoms with E-state index in [1.54, 1.807) is 6.33 Å². The van der Waals surface area contributed by atoms with Gasteiger partial charge in [-0.05, 0) is 12.8 Å². The SMILES string of the molecule is Nc1cc2[nH]cnc2c(C2CC2)n1. The minimum absolute atomic E-state index is 0.582. The number of nitrogens with two attached hydrogens (primary N) is 1. The Hall–Kier alpha value is -1.58. The van der Waals surface area contributed by atoms with E-state index in [1.807, 2.05) is 6.07 Å². The number of nitrogens with one attached hydrogen (secondary N) is 1. The van der Waals surface area contributed by atoms with Gasteiger partial charge < -0.3 is 10.7 Å². The summed E-state index contributed by atoms with van der Waals surface area (Å²) in [5.41, 5.74) is 8.73. The van der Waals surface area contributed by atoms with Gasteiger partial charge >= 0.3 is 0 Å². The number of pyridine rings is 1. The molecule has 1 aliphatic carbocycles. The van der Waals surface area contributed by atoms with Gasteiger partial charge in [0.25, 0.3) is 0 Å². The second-order valence-corrected chi connectivity index (χ2v) is 3.51. The number of aromatic nitrogens is 3. The highest BCUT2D eigenvalue weighted by atomic mass is 14.9. The average molecular weight is 174 g/mol. The summed E-state index contributed by atoms with van der Waals surface area (Å²) in [6.07, 6.45) is 4.13. The first-order chi connectivity index (χ1) is 6.34. The zero-order valence-corrected chi connectivity index (χ0v) is 7.12. The van der Waals surface area contributed by atoms with Crippen molar-refractivity contribution < 1.29 is 0 Å². The number of anilines is 1. The van der Waals surface area contributed by atoms with E-state index < -0.39 is 0 Å². The van der Waals surface area contributed by atoms with Crippen molar-refractivity contribution in [2.24, 2.45) is 0 Å². The van der Waals surface area contributed by atoms with Gasteiger partial charge in [-0.25, -0.2) is 9.97 Å². The van der Waals surface area contributed by atoms with E-state index in [9.17, 15) is 0 Å². The first-order valence-electron chi connectivity index (χ1n) is 4.44. The predicted octanol–water partition coefficient (Wildman–Crippen LogP) is 1.42. The van der Waals surface area contributed by atoms with Gasteiger partial charge in [0.05, 0.1) is 17.5 Å². The molecule has 3 N–H and O–H groups in total. The molecule has 2 heterocycles. The molecule has 1 saturated carbocycles. The van der Waals surface area contributed by atoms with Gasteiger partial charge in [0.1, 0.15) is 11.3 Å². The van der Waals surface area contributed by atoms with Crippen molar-refractivity contribution in [2.75, 3.05) is 5.73 Å². The summed E-state index contributed by atoms with van der Waals surface area (Å²) in [6, 6.07) is 1.83. The molecule has 66 valence electrons. The first-order valence-corrected chi connectivity index (χ1v) is 4.44. The molecule has 0 unspecified atom stereocenters. The lowest BCUT2D eigenvalue weighted by molar-refractivity contribution is 1.04. The third kappa shape index (κ3) is 0.983. The maximum Gasteiger partial charge on any atom is 0.125 e. The summed E-state index contributed by atoms with van der Waals surface area (Å²) in [7, 11) is 0. The van der Waals surface area contributed by atoms with Gasteiger partial charge in [-0.2, -0.15) is 0 Å². The largest absolute Gasteiger partial charge is 0.384 e. The van der Waals surface area contributed by atoms with Crippen molar-refractivity contribution in [1.82, 2.24) is 15.0 Å². The fraction of sp³-hybridized carbons (Fsp3) is 0.333. The van der Waals surface area contributed by atoms with Crippen LogP contribution in [0.25, 0.3) is 11.0 Å². The topological polar surface area (TPSA) is 67.6 Å². The summed E-state index contributed by atoms with van der Waals surface area (Å²) in [4.78, 5) is 11.6. The van der Waals surface area contributed by atoms with Crippen LogP contribution in [0.15, 0.2) is 12.4 Å². The van der Waals surface area contributed by atoms with E-state index in [0.29, 0.717) is 11.7 Å². The molecule has 1 fully saturated rings. The molecule has 3 rings (SSSR count). The van der Waals surface area contributed by atoms with Gasteiger partial charge in [-0.3, -0.25) is 0 Å². The quantitative estimate of drug-likeness (QED) is 0.687. The minimum atomic E-state index is 0.582. The number of hydrogen-bond acceptors (Lipinski definition) is 3. The van der Waals surface area contributed by atoms with Crippen molar-refractivity contribution in [2.45, 2.75) is 18.8 Å². The van der Waals surface area contributed by atoms with Gasteiger partial charge in [0.2, 0.25) is 0 Å². The van der Waals surface area contributed by atoms with Crippen molar-refractivity contribution in [3.63, 3.8) is 0 Å². The van der Waals surface area contributed by atoms with Gasteiger partial charge in [-0.1, -0.05) is 0 Å². The Morgan fingerprint density at radius 2 is 2.31 bits per heavy atom. The molecule has 0 aliphatic heterocycles. The molecule has 2 aromatic heterocycles. The standard InChI is InChI=1S/C9H10N4/c10-7-3-6-9(12-4-11-6)8(13-7)5-1-2-5/h3-5H,1-2H2,(H2,10,13)(H,11,12). The van der Waals surface area contributed by atoms with Gasteiger partial charge in [0, 0.05) is 12.0 Å². The lowest BCUT2D eigenvalue weighted by atomic mass is 10.2. The number of aromatic amines is 1. The molecule has 0 atom stereocenters. The van der Waals surface area contributed by atoms with Crippen LogP contribution in [0.2, 0.25) is 0 Å². The van der Waals surface area contributed by atoms with E-state index in [2.05, 4.69) is 15.0 Å². The van der Waals surface area contributed by atoms with Crippen LogP contribution in [0.3, 0.4) is 0 Å². The number of nitrogens with zero attached hydrogens (tertiary/aromatic N) is 2. The number of imidazole rings is 1. The first kappa shape index (κ1) is 6.88. The average Bonchev–Trinajstić information content (AvgIpc) is 2.84. The summed E-state index contributed by atoms with van der Waals surface area (Å²) in [6.45, 7) is 0. The molecule has 2 aromatic rings. The summed E-state index contributed by atoms with van der Waals surface area (Å²) in [5.74, 6) is 1.17. The van der Waals surface area contributed by atoms with Crippen LogP contribution in [0.1, 0.15) is 24.5 Å². The molecule has 0 aromatic carbocycles. The van der Waals surface area contributed by atoms with Crippen LogP contribution in [0.5, 0.6) is 0 Å². The fourth-order valence-corrected chi connectivity index (χ4v) is 1.63. The highest BCUT2D eigenvalue weighted by molar-refractivity contribution is 5.80. The zero-order valence-electron chi connectivity index (χ0n) is 7.12. The highest BCUT2D eigenvalue weighted by Gasteiger charge is 2.28. The van der Waals surface area contributed by atoms with Crippen LogP contribution < -0.4 is 5.73 Å². The molecule has 0 radical (unpaired) electrons. The maximum absolute atomic E-state index is 5.69. The lowest BCUT2D eigenvalue weighted by Gasteiger charge is -2.00. The normalized spacial score (nSPS) is 16.6. The number of H-pyrrole nitrogens is 1. The van der Waals surface area contributed by atoms with Crippen molar-refractivity contribution >= 4 is 16.9 Å². The number of fused-ring (bicyclic) bond motifs is 1. The monoisotopic (exact) mass is 174 g/mol. The summed E-state index contributed by atoms with van der Waals surface area (Å²) < 4.78 is 0. The van der Waals surface area contributed by atoms with E-state index in [-0.39, 0.29) is 0 Å². The van der Waals surface area contributed by atoms with E-state index in [0.717, 1.165) is 16.7 Å². The Kier molecular flexibility index (Phi) is 1.17. The van der Waals surface area contributed by atoms with Crippen LogP contribution >= 0.6 is 0 Å². The van der Waals surface area contributed by atoms with Gasteiger partial charge in [-0.15, -0.1) is 0 Å². The molecule has 4 heteroatoms. The Morgan fingerprint density at radius 3 is 3.08 bits per heavy atom. The summed E-state index contributed by atoms with van der Waals surface area (Å²) in [5, 5.41) is 0. The third-order valence-electron chi connectivity index (χ3n) is 2.42. The molecule has 4 nitrogen and oxygen atoms in total. The molecule has 0 bridgehead atoms. The van der Waals surface area contributed by atoms with Crippen LogP contribution in [-0.4, -0.2) is 15.0 Å². The van der Waals surface area contributed by atoms with Crippen LogP contribution in [0.4, 0.5) is 5.82 Å². The number of nitrogen functional groups attached to an aromatic ring is 1. The van der Waals surface area contributed by atoms with Crippen molar-refractivity contribution in [3.05, 3.63) is 18.1 Å². The molecular weight excluding hydrogens is 164 g/mol. The van der Waals surface area contributed by atoms with E-state index >= 15 is 0 Å². The number of rotatable bonds is 1. The molecule has 0 amide bonds. The second kappa shape index (κ2) is 2.22. The predicted molar refractivity (Wildman–Crippen MR) is 50.3 cm³/mol. The Balaban J connectivity index is 2.33. The van der Waals surface area contributed by atoms with Gasteiger partial charge in [0.15, 0.2) is 0 Å². The molecule has 1 aliphatic rings. The Morgan fingerprint density at radius 1 is 1.46 bits per heavy atom. The Labute approximate surface area is 75.2 Å². The maximum atomic E-state index is 5.69. The van der Waals surface area contributed by atoms with Crippen LogP contribution in [-0.2, 0) is 0 Å². The van der Waals surface area contributed by atoms with Crippen molar-refractivity contribution in [1.29, 1.82) is 0 Å². The molecule has 13 heavy (non-hydrogen) atoms. The fourth-order valence-electron chi connectivity index (χ4n) is 1.63. The van der Waals surface area contributed by atoms with E-state index in [1.165, 1.54) is 12.8 Å².